The molecule has 2 aromatic rings. The lowest BCUT2D eigenvalue weighted by Gasteiger charge is -2.08. The van der Waals surface area contributed by atoms with Crippen LogP contribution in [0.1, 0.15) is 0 Å². The summed E-state index contributed by atoms with van der Waals surface area (Å²) in [6, 6.07) is 3.32. The molecular weight excluding hydrogens is 299 g/mol. The number of nitrogens with zero attached hydrogens (tertiary/aromatic N) is 2. The number of hydrogen-bond donors (Lipinski definition) is 0. The Morgan fingerprint density at radius 3 is 2.77 bits per heavy atom. The third-order valence-corrected chi connectivity index (χ3v) is 2.81. The molecule has 0 radical (unpaired) electrons. The second kappa shape index (κ2) is 6.96. The maximum Gasteiger partial charge on any atom is 0.334 e. The predicted octanol–water partition coefficient (Wildman–Crippen LogP) is 1.52. The minimum absolute atomic E-state index is 0.0718. The van der Waals surface area contributed by atoms with Crippen LogP contribution in [0.15, 0.2) is 24.4 Å². The smallest absolute Gasteiger partial charge is 0.334 e. The average Bonchev–Trinajstić information content (AvgIpc) is 2.47. The zero-order valence-corrected chi connectivity index (χ0v) is 11.7. The van der Waals surface area contributed by atoms with Crippen molar-refractivity contribution in [3.63, 3.8) is 0 Å². The van der Waals surface area contributed by atoms with Gasteiger partial charge >= 0.3 is 5.69 Å². The lowest BCUT2D eigenvalue weighted by atomic mass is 10.2. The summed E-state index contributed by atoms with van der Waals surface area (Å²) in [5.74, 6) is -0.710. The normalized spacial score (nSPS) is 10.8. The van der Waals surface area contributed by atoms with Crippen molar-refractivity contribution in [1.82, 2.24) is 0 Å². The molecule has 0 unspecified atom stereocenters. The molecule has 8 nitrogen and oxygen atoms in total. The van der Waals surface area contributed by atoms with Crippen molar-refractivity contribution in [2.75, 3.05) is 27.1 Å². The molecule has 0 fully saturated rings. The van der Waals surface area contributed by atoms with Gasteiger partial charge in [0, 0.05) is 19.2 Å². The Hall–Kier alpha value is -2.52. The molecule has 9 heteroatoms. The van der Waals surface area contributed by atoms with E-state index in [1.807, 2.05) is 0 Å². The van der Waals surface area contributed by atoms with Gasteiger partial charge in [-0.25, -0.2) is 4.39 Å². The number of halogens is 1. The standard InChI is InChI=1S/C13H13FN2O6/c1-20-2-3-21-8-22-10-5-12(14)11-4-9(16(18)19)7-15(17)13(11)6-10/h4-7H,2-3,8H2,1H3. The molecule has 0 N–H and O–H groups in total. The summed E-state index contributed by atoms with van der Waals surface area (Å²) < 4.78 is 29.2. The predicted molar refractivity (Wildman–Crippen MR) is 72.8 cm³/mol. The summed E-state index contributed by atoms with van der Waals surface area (Å²) in [6.45, 7) is 0.556. The van der Waals surface area contributed by atoms with Gasteiger partial charge in [0.25, 0.3) is 6.20 Å². The van der Waals surface area contributed by atoms with Crippen molar-refractivity contribution >= 4 is 16.6 Å². The van der Waals surface area contributed by atoms with Crippen molar-refractivity contribution in [2.24, 2.45) is 0 Å². The van der Waals surface area contributed by atoms with Gasteiger partial charge < -0.3 is 19.4 Å². The average molecular weight is 312 g/mol. The SMILES string of the molecule is COCCOCOc1cc(F)c2cc([N+](=O)[O-])c[n+]([O-])c2c1. The summed E-state index contributed by atoms with van der Waals surface area (Å²) in [5.41, 5.74) is -0.560. The number of rotatable bonds is 7. The third-order valence-electron chi connectivity index (χ3n) is 2.81. The molecule has 0 aliphatic carbocycles. The molecule has 0 aliphatic rings. The van der Waals surface area contributed by atoms with Gasteiger partial charge in [0.2, 0.25) is 5.52 Å². The number of hydrogen-bond acceptors (Lipinski definition) is 6. The fourth-order valence-corrected chi connectivity index (χ4v) is 1.77. The molecule has 1 heterocycles. The highest BCUT2D eigenvalue weighted by molar-refractivity contribution is 5.79. The van der Waals surface area contributed by atoms with Crippen LogP contribution in [0.2, 0.25) is 0 Å². The first kappa shape index (κ1) is 15.9. The molecule has 0 saturated heterocycles. The highest BCUT2D eigenvalue weighted by atomic mass is 19.1. The van der Waals surface area contributed by atoms with Crippen LogP contribution in [-0.2, 0) is 9.47 Å². The largest absolute Gasteiger partial charge is 0.618 e. The van der Waals surface area contributed by atoms with E-state index in [2.05, 4.69) is 0 Å². The van der Waals surface area contributed by atoms with Gasteiger partial charge in [-0.3, -0.25) is 10.1 Å². The lowest BCUT2D eigenvalue weighted by molar-refractivity contribution is -0.582. The number of nitro groups is 1. The van der Waals surface area contributed by atoms with Crippen molar-refractivity contribution in [3.05, 3.63) is 45.5 Å². The Bertz CT molecular complexity index is 694. The van der Waals surface area contributed by atoms with Crippen molar-refractivity contribution in [1.29, 1.82) is 0 Å². The fraction of sp³-hybridized carbons (Fsp3) is 0.308. The lowest BCUT2D eigenvalue weighted by Crippen LogP contribution is -2.27. The number of methoxy groups -OCH3 is 1. The van der Waals surface area contributed by atoms with E-state index < -0.39 is 16.4 Å². The van der Waals surface area contributed by atoms with Crippen molar-refractivity contribution in [2.45, 2.75) is 0 Å². The van der Waals surface area contributed by atoms with Crippen LogP contribution in [-0.4, -0.2) is 32.0 Å². The molecule has 22 heavy (non-hydrogen) atoms. The van der Waals surface area contributed by atoms with E-state index in [9.17, 15) is 19.7 Å². The number of fused-ring (bicyclic) bond motifs is 1. The zero-order valence-electron chi connectivity index (χ0n) is 11.7. The maximum absolute atomic E-state index is 14.0. The zero-order chi connectivity index (χ0) is 16.1. The van der Waals surface area contributed by atoms with Crippen LogP contribution in [0, 0.1) is 21.1 Å². The summed E-state index contributed by atoms with van der Waals surface area (Å²) in [7, 11) is 1.52. The van der Waals surface area contributed by atoms with Crippen molar-refractivity contribution in [3.8, 4) is 5.75 Å². The first-order valence-corrected chi connectivity index (χ1v) is 6.23. The Kier molecular flexibility index (Phi) is 5.02. The van der Waals surface area contributed by atoms with Gasteiger partial charge in [0.05, 0.1) is 29.6 Å². The van der Waals surface area contributed by atoms with Crippen LogP contribution in [0.25, 0.3) is 10.9 Å². The van der Waals surface area contributed by atoms with E-state index >= 15 is 0 Å². The summed E-state index contributed by atoms with van der Waals surface area (Å²) in [5, 5.41) is 22.3. The van der Waals surface area contributed by atoms with Gasteiger partial charge in [-0.2, -0.15) is 4.73 Å². The van der Waals surface area contributed by atoms with E-state index in [0.717, 1.165) is 18.3 Å². The van der Waals surface area contributed by atoms with Gasteiger partial charge in [0.15, 0.2) is 6.79 Å². The molecule has 2 rings (SSSR count). The maximum atomic E-state index is 14.0. The topological polar surface area (TPSA) is 97.8 Å². The summed E-state index contributed by atoms with van der Waals surface area (Å²) in [4.78, 5) is 9.92. The first-order valence-electron chi connectivity index (χ1n) is 6.23. The van der Waals surface area contributed by atoms with Crippen LogP contribution in [0.5, 0.6) is 5.75 Å². The van der Waals surface area contributed by atoms with Crippen LogP contribution >= 0.6 is 0 Å². The first-order chi connectivity index (χ1) is 10.5. The Balaban J connectivity index is 2.23. The second-order valence-electron chi connectivity index (χ2n) is 4.28. The van der Waals surface area contributed by atoms with Crippen molar-refractivity contribution < 1.29 is 28.3 Å². The Morgan fingerprint density at radius 2 is 2.09 bits per heavy atom. The molecule has 0 aliphatic heterocycles. The van der Waals surface area contributed by atoms with E-state index in [1.165, 1.54) is 13.2 Å². The van der Waals surface area contributed by atoms with Crippen LogP contribution in [0.3, 0.4) is 0 Å². The second-order valence-corrected chi connectivity index (χ2v) is 4.28. The van der Waals surface area contributed by atoms with Crippen LogP contribution in [0.4, 0.5) is 10.1 Å². The molecule has 0 saturated carbocycles. The van der Waals surface area contributed by atoms with Gasteiger partial charge in [-0.15, -0.1) is 0 Å². The van der Waals surface area contributed by atoms with E-state index in [0.29, 0.717) is 13.2 Å². The molecule has 0 spiro atoms. The van der Waals surface area contributed by atoms with Gasteiger partial charge in [-0.05, 0) is 0 Å². The molecule has 118 valence electrons. The number of pyridine rings is 1. The highest BCUT2D eigenvalue weighted by Crippen LogP contribution is 2.25. The third kappa shape index (κ3) is 3.57. The molecule has 0 atom stereocenters. The molecule has 1 aromatic carbocycles. The van der Waals surface area contributed by atoms with Gasteiger partial charge in [-0.1, -0.05) is 0 Å². The number of aromatic nitrogens is 1. The summed E-state index contributed by atoms with van der Waals surface area (Å²) >= 11 is 0. The number of ether oxygens (including phenoxy) is 3. The minimum Gasteiger partial charge on any atom is -0.618 e. The number of benzene rings is 1. The fourth-order valence-electron chi connectivity index (χ4n) is 1.77. The minimum atomic E-state index is -0.794. The molecule has 1 aromatic heterocycles. The van der Waals surface area contributed by atoms with E-state index in [1.54, 1.807) is 0 Å². The quantitative estimate of drug-likeness (QED) is 0.192. The molecule has 0 bridgehead atoms. The van der Waals surface area contributed by atoms with E-state index in [-0.39, 0.29) is 28.2 Å². The monoisotopic (exact) mass is 312 g/mol. The molecular formula is C13H13FN2O6. The van der Waals surface area contributed by atoms with Crippen LogP contribution < -0.4 is 9.47 Å². The molecule has 0 amide bonds. The van der Waals surface area contributed by atoms with E-state index in [4.69, 9.17) is 14.2 Å². The Labute approximate surface area is 124 Å². The summed E-state index contributed by atoms with van der Waals surface area (Å²) in [6.07, 6.45) is 0.765. The highest BCUT2D eigenvalue weighted by Gasteiger charge is 2.19. The Morgan fingerprint density at radius 1 is 1.32 bits per heavy atom. The van der Waals surface area contributed by atoms with Gasteiger partial charge in [0.1, 0.15) is 11.6 Å².